The lowest BCUT2D eigenvalue weighted by molar-refractivity contribution is -0.384. The van der Waals surface area contributed by atoms with Crippen LogP contribution < -0.4 is 10.6 Å². The van der Waals surface area contributed by atoms with Gasteiger partial charge in [-0.1, -0.05) is 0 Å². The summed E-state index contributed by atoms with van der Waals surface area (Å²) < 4.78 is 18.4. The van der Waals surface area contributed by atoms with Gasteiger partial charge in [0.05, 0.1) is 11.0 Å². The highest BCUT2D eigenvalue weighted by Gasteiger charge is 2.17. The summed E-state index contributed by atoms with van der Waals surface area (Å²) in [6, 6.07) is 2.24. The molecule has 0 aliphatic carbocycles. The van der Waals surface area contributed by atoms with Gasteiger partial charge in [-0.15, -0.1) is 0 Å². The number of hydrogen-bond donors (Lipinski definition) is 2. The zero-order valence-corrected chi connectivity index (χ0v) is 13.0. The van der Waals surface area contributed by atoms with Crippen molar-refractivity contribution in [3.8, 4) is 0 Å². The Hall–Kier alpha value is -2.38. The molecule has 7 nitrogen and oxygen atoms in total. The smallest absolute Gasteiger partial charge is 0.407 e. The van der Waals surface area contributed by atoms with Crippen LogP contribution in [0, 0.1) is 22.9 Å². The average molecular weight is 313 g/mol. The SMILES string of the molecule is Cc1cc(NCCNC(=O)OC(C)(C)C)c([N+](=O)[O-])cc1F. The summed E-state index contributed by atoms with van der Waals surface area (Å²) in [4.78, 5) is 21.7. The summed E-state index contributed by atoms with van der Waals surface area (Å²) in [5, 5.41) is 16.2. The third-order valence-electron chi connectivity index (χ3n) is 2.58. The van der Waals surface area contributed by atoms with Crippen molar-refractivity contribution in [1.82, 2.24) is 5.32 Å². The Balaban J connectivity index is 2.57. The van der Waals surface area contributed by atoms with Gasteiger partial charge in [-0.2, -0.15) is 0 Å². The van der Waals surface area contributed by atoms with Crippen molar-refractivity contribution in [3.63, 3.8) is 0 Å². The van der Waals surface area contributed by atoms with E-state index in [1.165, 1.54) is 13.0 Å². The zero-order valence-electron chi connectivity index (χ0n) is 13.0. The molecule has 22 heavy (non-hydrogen) atoms. The summed E-state index contributed by atoms with van der Waals surface area (Å²) in [7, 11) is 0. The van der Waals surface area contributed by atoms with Crippen LogP contribution >= 0.6 is 0 Å². The molecule has 0 spiro atoms. The molecule has 0 heterocycles. The Kier molecular flexibility index (Phi) is 5.67. The van der Waals surface area contributed by atoms with E-state index in [2.05, 4.69) is 10.6 Å². The van der Waals surface area contributed by atoms with Crippen LogP contribution in [0.1, 0.15) is 26.3 Å². The maximum absolute atomic E-state index is 13.4. The second-order valence-electron chi connectivity index (χ2n) is 5.73. The third-order valence-corrected chi connectivity index (χ3v) is 2.58. The fraction of sp³-hybridized carbons (Fsp3) is 0.500. The second-order valence-corrected chi connectivity index (χ2v) is 5.73. The van der Waals surface area contributed by atoms with E-state index in [4.69, 9.17) is 4.74 Å². The van der Waals surface area contributed by atoms with Gasteiger partial charge >= 0.3 is 6.09 Å². The minimum atomic E-state index is -0.661. The average Bonchev–Trinajstić information content (AvgIpc) is 2.35. The molecule has 1 aromatic carbocycles. The molecule has 0 aromatic heterocycles. The lowest BCUT2D eigenvalue weighted by Crippen LogP contribution is -2.35. The predicted molar refractivity (Wildman–Crippen MR) is 80.5 cm³/mol. The topological polar surface area (TPSA) is 93.5 Å². The zero-order chi connectivity index (χ0) is 16.9. The molecule has 122 valence electrons. The van der Waals surface area contributed by atoms with Crippen LogP contribution in [0.5, 0.6) is 0 Å². The van der Waals surface area contributed by atoms with Gasteiger partial charge in [-0.05, 0) is 39.3 Å². The highest BCUT2D eigenvalue weighted by Crippen LogP contribution is 2.27. The van der Waals surface area contributed by atoms with E-state index in [-0.39, 0.29) is 24.5 Å². The molecule has 0 saturated carbocycles. The number of nitrogens with zero attached hydrogens (tertiary/aromatic N) is 1. The van der Waals surface area contributed by atoms with E-state index in [1.54, 1.807) is 20.8 Å². The van der Waals surface area contributed by atoms with Gasteiger partial charge in [0.15, 0.2) is 0 Å². The van der Waals surface area contributed by atoms with Crippen molar-refractivity contribution in [1.29, 1.82) is 0 Å². The summed E-state index contributed by atoms with van der Waals surface area (Å²) in [6.45, 7) is 7.21. The number of ether oxygens (including phenoxy) is 1. The molecule has 0 atom stereocenters. The molecule has 1 aromatic rings. The number of hydrogen-bond acceptors (Lipinski definition) is 5. The first kappa shape index (κ1) is 17.7. The molecule has 8 heteroatoms. The summed E-state index contributed by atoms with van der Waals surface area (Å²) in [5.74, 6) is -0.635. The number of nitro groups is 1. The van der Waals surface area contributed by atoms with Crippen LogP contribution in [0.4, 0.5) is 20.6 Å². The molecule has 0 unspecified atom stereocenters. The van der Waals surface area contributed by atoms with Crippen LogP contribution in [-0.4, -0.2) is 29.7 Å². The summed E-state index contributed by atoms with van der Waals surface area (Å²) in [5.41, 5.74) is -0.437. The van der Waals surface area contributed by atoms with E-state index < -0.39 is 22.4 Å². The first-order valence-corrected chi connectivity index (χ1v) is 6.75. The number of alkyl carbamates (subject to hydrolysis) is 1. The van der Waals surface area contributed by atoms with Crippen LogP contribution in [0.2, 0.25) is 0 Å². The minimum Gasteiger partial charge on any atom is -0.444 e. The molecule has 2 N–H and O–H groups in total. The first-order valence-electron chi connectivity index (χ1n) is 6.75. The molecule has 0 saturated heterocycles. The monoisotopic (exact) mass is 313 g/mol. The number of anilines is 1. The van der Waals surface area contributed by atoms with Gasteiger partial charge in [0.2, 0.25) is 0 Å². The first-order chi connectivity index (χ1) is 10.1. The third kappa shape index (κ3) is 5.55. The summed E-state index contributed by atoms with van der Waals surface area (Å²) in [6.07, 6.45) is -0.570. The fourth-order valence-electron chi connectivity index (χ4n) is 1.64. The lowest BCUT2D eigenvalue weighted by atomic mass is 10.2. The van der Waals surface area contributed by atoms with Crippen molar-refractivity contribution in [2.75, 3.05) is 18.4 Å². The number of halogens is 1. The Bertz CT molecular complexity index is 570. The Morgan fingerprint density at radius 2 is 2.00 bits per heavy atom. The maximum Gasteiger partial charge on any atom is 0.407 e. The van der Waals surface area contributed by atoms with Crippen LogP contribution in [0.3, 0.4) is 0 Å². The maximum atomic E-state index is 13.4. The van der Waals surface area contributed by atoms with Crippen LogP contribution in [0.15, 0.2) is 12.1 Å². The van der Waals surface area contributed by atoms with Crippen molar-refractivity contribution < 1.29 is 18.8 Å². The van der Waals surface area contributed by atoms with E-state index in [9.17, 15) is 19.3 Å². The molecule has 0 aliphatic heterocycles. The highest BCUT2D eigenvalue weighted by atomic mass is 19.1. The van der Waals surface area contributed by atoms with Crippen LogP contribution in [-0.2, 0) is 4.74 Å². The van der Waals surface area contributed by atoms with E-state index >= 15 is 0 Å². The molecule has 0 radical (unpaired) electrons. The number of carbonyl (C=O) groups is 1. The standard InChI is InChI=1S/C14H20FN3O4/c1-9-7-11(12(18(20)21)8-10(9)15)16-5-6-17-13(19)22-14(2,3)4/h7-8,16H,5-6H2,1-4H3,(H,17,19). The molecule has 1 rings (SSSR count). The Morgan fingerprint density at radius 1 is 1.36 bits per heavy atom. The number of aryl methyl sites for hydroxylation is 1. The van der Waals surface area contributed by atoms with E-state index in [0.29, 0.717) is 5.56 Å². The van der Waals surface area contributed by atoms with E-state index in [0.717, 1.165) is 6.07 Å². The quantitative estimate of drug-likeness (QED) is 0.495. The van der Waals surface area contributed by atoms with Gasteiger partial charge in [-0.25, -0.2) is 9.18 Å². The molecule has 1 amide bonds. The Morgan fingerprint density at radius 3 is 2.55 bits per heavy atom. The predicted octanol–water partition coefficient (Wildman–Crippen LogP) is 2.98. The number of rotatable bonds is 5. The minimum absolute atomic E-state index is 0.204. The second kappa shape index (κ2) is 7.06. The van der Waals surface area contributed by atoms with Gasteiger partial charge in [-0.3, -0.25) is 10.1 Å². The number of nitro benzene ring substituents is 1. The normalized spacial score (nSPS) is 11.0. The summed E-state index contributed by atoms with van der Waals surface area (Å²) >= 11 is 0. The van der Waals surface area contributed by atoms with Gasteiger partial charge in [0.1, 0.15) is 17.1 Å². The van der Waals surface area contributed by atoms with Gasteiger partial charge < -0.3 is 15.4 Å². The number of nitrogens with one attached hydrogen (secondary N) is 2. The van der Waals surface area contributed by atoms with Crippen molar-refractivity contribution in [3.05, 3.63) is 33.6 Å². The van der Waals surface area contributed by atoms with Crippen LogP contribution in [0.25, 0.3) is 0 Å². The molecule has 0 aliphatic rings. The van der Waals surface area contributed by atoms with Crippen molar-refractivity contribution in [2.45, 2.75) is 33.3 Å². The van der Waals surface area contributed by atoms with Crippen molar-refractivity contribution in [2.24, 2.45) is 0 Å². The van der Waals surface area contributed by atoms with E-state index in [1.807, 2.05) is 0 Å². The molecule has 0 fully saturated rings. The fourth-order valence-corrected chi connectivity index (χ4v) is 1.64. The molecular weight excluding hydrogens is 293 g/mol. The number of benzene rings is 1. The Labute approximate surface area is 128 Å². The highest BCUT2D eigenvalue weighted by molar-refractivity contribution is 5.68. The largest absolute Gasteiger partial charge is 0.444 e. The number of amides is 1. The lowest BCUT2D eigenvalue weighted by Gasteiger charge is -2.19. The van der Waals surface area contributed by atoms with Gasteiger partial charge in [0.25, 0.3) is 5.69 Å². The molecule has 0 bridgehead atoms. The molecular formula is C14H20FN3O4. The van der Waals surface area contributed by atoms with Crippen molar-refractivity contribution >= 4 is 17.5 Å². The number of carbonyl (C=O) groups excluding carboxylic acids is 1. The van der Waals surface area contributed by atoms with Gasteiger partial charge in [0, 0.05) is 13.1 Å².